The number of carbonyl (C=O) groups is 2. The number of ether oxygens (including phenoxy) is 2. The lowest BCUT2D eigenvalue weighted by atomic mass is 9.86. The number of benzene rings is 3. The summed E-state index contributed by atoms with van der Waals surface area (Å²) in [6.07, 6.45) is 0. The van der Waals surface area contributed by atoms with E-state index in [0.29, 0.717) is 10.9 Å². The van der Waals surface area contributed by atoms with Crippen LogP contribution in [0.2, 0.25) is 0 Å². The van der Waals surface area contributed by atoms with Crippen LogP contribution in [0, 0.1) is 13.8 Å². The van der Waals surface area contributed by atoms with Crippen LogP contribution >= 0.6 is 0 Å². The molecule has 3 aromatic carbocycles. The lowest BCUT2D eigenvalue weighted by molar-refractivity contribution is 0.0556. The van der Waals surface area contributed by atoms with Gasteiger partial charge in [-0.25, -0.2) is 9.59 Å². The second-order valence-corrected chi connectivity index (χ2v) is 6.15. The van der Waals surface area contributed by atoms with Crippen LogP contribution < -0.4 is 0 Å². The quantitative estimate of drug-likeness (QED) is 0.644. The molecule has 0 saturated carbocycles. The van der Waals surface area contributed by atoms with Gasteiger partial charge in [0, 0.05) is 0 Å². The van der Waals surface area contributed by atoms with Crippen molar-refractivity contribution in [3.05, 3.63) is 70.8 Å². The molecule has 0 heterocycles. The van der Waals surface area contributed by atoms with Crippen LogP contribution in [0.15, 0.2) is 48.5 Å². The minimum absolute atomic E-state index is 0.242. The van der Waals surface area contributed by atoms with Crippen LogP contribution in [-0.4, -0.2) is 26.2 Å². The molecule has 4 nitrogen and oxygen atoms in total. The van der Waals surface area contributed by atoms with Crippen molar-refractivity contribution in [1.29, 1.82) is 0 Å². The van der Waals surface area contributed by atoms with E-state index in [1.54, 1.807) is 0 Å². The van der Waals surface area contributed by atoms with Crippen molar-refractivity contribution in [3.8, 4) is 11.1 Å². The Hall–Kier alpha value is -3.14. The smallest absolute Gasteiger partial charge is 0.339 e. The van der Waals surface area contributed by atoms with Crippen molar-refractivity contribution >= 4 is 22.7 Å². The van der Waals surface area contributed by atoms with Crippen LogP contribution in [0.25, 0.3) is 21.9 Å². The molecule has 0 atom stereocenters. The Labute approximate surface area is 152 Å². The van der Waals surface area contributed by atoms with Gasteiger partial charge in [0.1, 0.15) is 0 Å². The van der Waals surface area contributed by atoms with Crippen LogP contribution in [-0.2, 0) is 9.47 Å². The van der Waals surface area contributed by atoms with Crippen molar-refractivity contribution < 1.29 is 19.1 Å². The van der Waals surface area contributed by atoms with Gasteiger partial charge in [0.2, 0.25) is 0 Å². The highest BCUT2D eigenvalue weighted by Crippen LogP contribution is 2.38. The number of aryl methyl sites for hydroxylation is 1. The van der Waals surface area contributed by atoms with E-state index in [-0.39, 0.29) is 11.1 Å². The van der Waals surface area contributed by atoms with Gasteiger partial charge < -0.3 is 9.47 Å². The van der Waals surface area contributed by atoms with Crippen LogP contribution in [0.5, 0.6) is 0 Å². The summed E-state index contributed by atoms with van der Waals surface area (Å²) in [5.41, 5.74) is 4.14. The fourth-order valence-electron chi connectivity index (χ4n) is 3.38. The Morgan fingerprint density at radius 1 is 0.769 bits per heavy atom. The average Bonchev–Trinajstić information content (AvgIpc) is 2.66. The lowest BCUT2D eigenvalue weighted by Gasteiger charge is -2.19. The number of hydrogen-bond acceptors (Lipinski definition) is 4. The summed E-state index contributed by atoms with van der Waals surface area (Å²) in [6.45, 7) is 3.83. The molecule has 0 unspecified atom stereocenters. The van der Waals surface area contributed by atoms with Crippen molar-refractivity contribution in [1.82, 2.24) is 0 Å². The molecule has 4 heteroatoms. The van der Waals surface area contributed by atoms with E-state index in [2.05, 4.69) is 0 Å². The molecule has 0 spiro atoms. The number of hydrogen-bond donors (Lipinski definition) is 0. The monoisotopic (exact) mass is 348 g/mol. The minimum atomic E-state index is -0.554. The van der Waals surface area contributed by atoms with Crippen molar-refractivity contribution in [2.45, 2.75) is 13.8 Å². The second kappa shape index (κ2) is 7.00. The zero-order valence-electron chi connectivity index (χ0n) is 15.3. The highest BCUT2D eigenvalue weighted by atomic mass is 16.5. The average molecular weight is 348 g/mol. The van der Waals surface area contributed by atoms with E-state index in [0.717, 1.165) is 22.1 Å². The summed E-state index contributed by atoms with van der Waals surface area (Å²) in [5, 5.41) is 1.58. The Bertz CT molecular complexity index is 1000. The van der Waals surface area contributed by atoms with E-state index in [9.17, 15) is 9.59 Å². The summed E-state index contributed by atoms with van der Waals surface area (Å²) in [4.78, 5) is 25.1. The fraction of sp³-hybridized carbons (Fsp3) is 0.182. The first-order chi connectivity index (χ1) is 12.5. The first-order valence-electron chi connectivity index (χ1n) is 8.28. The van der Waals surface area contributed by atoms with Gasteiger partial charge in [0.05, 0.1) is 25.3 Å². The van der Waals surface area contributed by atoms with E-state index in [4.69, 9.17) is 9.47 Å². The van der Waals surface area contributed by atoms with Gasteiger partial charge in [-0.05, 0) is 41.3 Å². The third-order valence-electron chi connectivity index (χ3n) is 4.56. The first kappa shape index (κ1) is 17.7. The van der Waals surface area contributed by atoms with Gasteiger partial charge in [0.15, 0.2) is 0 Å². The van der Waals surface area contributed by atoms with Gasteiger partial charge in [0.25, 0.3) is 0 Å². The van der Waals surface area contributed by atoms with Gasteiger partial charge in [-0.15, -0.1) is 0 Å². The highest BCUT2D eigenvalue weighted by Gasteiger charge is 2.27. The Morgan fingerprint density at radius 2 is 1.38 bits per heavy atom. The molecule has 0 fully saturated rings. The standard InChI is InChI=1S/C22H20O4/c1-13-10-11-16-17(12-13)18(15-8-6-5-7-9-15)14(2)19(21(23)25-3)20(16)22(24)26-4/h5-12H,1-4H3. The zero-order valence-corrected chi connectivity index (χ0v) is 15.3. The molecule has 3 rings (SSSR count). The van der Waals surface area contributed by atoms with Gasteiger partial charge >= 0.3 is 11.9 Å². The number of carbonyl (C=O) groups excluding carboxylic acids is 2. The van der Waals surface area contributed by atoms with Crippen molar-refractivity contribution in [3.63, 3.8) is 0 Å². The second-order valence-electron chi connectivity index (χ2n) is 6.15. The summed E-state index contributed by atoms with van der Waals surface area (Å²) in [7, 11) is 2.62. The molecule has 0 saturated heterocycles. The van der Waals surface area contributed by atoms with Crippen LogP contribution in [0.4, 0.5) is 0 Å². The predicted octanol–water partition coefficient (Wildman–Crippen LogP) is 4.70. The number of esters is 2. The SMILES string of the molecule is COC(=O)c1c(C)c(-c2ccccc2)c2cc(C)ccc2c1C(=O)OC. The van der Waals surface area contributed by atoms with Gasteiger partial charge in [-0.3, -0.25) is 0 Å². The maximum atomic E-state index is 12.5. The number of fused-ring (bicyclic) bond motifs is 1. The maximum absolute atomic E-state index is 12.5. The molecule has 0 radical (unpaired) electrons. The third-order valence-corrected chi connectivity index (χ3v) is 4.56. The number of rotatable bonds is 3. The van der Waals surface area contributed by atoms with Gasteiger partial charge in [-0.2, -0.15) is 0 Å². The van der Waals surface area contributed by atoms with Crippen molar-refractivity contribution in [2.24, 2.45) is 0 Å². The van der Waals surface area contributed by atoms with E-state index in [1.807, 2.05) is 62.4 Å². The minimum Gasteiger partial charge on any atom is -0.465 e. The summed E-state index contributed by atoms with van der Waals surface area (Å²) >= 11 is 0. The molecule has 0 aliphatic carbocycles. The van der Waals surface area contributed by atoms with E-state index < -0.39 is 11.9 Å². The van der Waals surface area contributed by atoms with Crippen LogP contribution in [0.3, 0.4) is 0 Å². The molecular weight excluding hydrogens is 328 g/mol. The van der Waals surface area contributed by atoms with E-state index >= 15 is 0 Å². The van der Waals surface area contributed by atoms with Crippen LogP contribution in [0.1, 0.15) is 31.8 Å². The normalized spacial score (nSPS) is 10.6. The Kier molecular flexibility index (Phi) is 4.76. The van der Waals surface area contributed by atoms with E-state index in [1.165, 1.54) is 14.2 Å². The first-order valence-corrected chi connectivity index (χ1v) is 8.28. The summed E-state index contributed by atoms with van der Waals surface area (Å²) < 4.78 is 9.93. The molecule has 0 aliphatic rings. The molecular formula is C22H20O4. The predicted molar refractivity (Wildman–Crippen MR) is 102 cm³/mol. The summed E-state index contributed by atoms with van der Waals surface area (Å²) in [6, 6.07) is 15.6. The topological polar surface area (TPSA) is 52.6 Å². The molecule has 0 amide bonds. The molecule has 0 N–H and O–H groups in total. The Balaban J connectivity index is 2.56. The largest absolute Gasteiger partial charge is 0.465 e. The lowest BCUT2D eigenvalue weighted by Crippen LogP contribution is -2.15. The fourth-order valence-corrected chi connectivity index (χ4v) is 3.38. The number of methoxy groups -OCH3 is 2. The highest BCUT2D eigenvalue weighted by molar-refractivity contribution is 6.17. The molecule has 26 heavy (non-hydrogen) atoms. The molecule has 3 aromatic rings. The summed E-state index contributed by atoms with van der Waals surface area (Å²) in [5.74, 6) is -1.11. The molecule has 0 aliphatic heterocycles. The van der Waals surface area contributed by atoms with Crippen molar-refractivity contribution in [2.75, 3.05) is 14.2 Å². The molecule has 0 aromatic heterocycles. The zero-order chi connectivity index (χ0) is 18.8. The van der Waals surface area contributed by atoms with Gasteiger partial charge in [-0.1, -0.05) is 54.1 Å². The Morgan fingerprint density at radius 3 is 2.00 bits per heavy atom. The molecule has 132 valence electrons. The molecule has 0 bridgehead atoms. The maximum Gasteiger partial charge on any atom is 0.339 e. The third kappa shape index (κ3) is 2.84.